The van der Waals surface area contributed by atoms with E-state index in [0.717, 1.165) is 5.56 Å². The zero-order chi connectivity index (χ0) is 13.8. The van der Waals surface area contributed by atoms with Gasteiger partial charge in [-0.05, 0) is 38.5 Å². The Hall–Kier alpha value is -1.75. The molecular weight excluding hydrogens is 232 g/mol. The van der Waals surface area contributed by atoms with Crippen molar-refractivity contribution >= 4 is 6.09 Å². The summed E-state index contributed by atoms with van der Waals surface area (Å²) in [7, 11) is 0. The molecule has 0 aliphatic rings. The van der Waals surface area contributed by atoms with E-state index in [1.54, 1.807) is 39.0 Å². The van der Waals surface area contributed by atoms with Crippen molar-refractivity contribution in [1.29, 1.82) is 0 Å². The third-order valence-electron chi connectivity index (χ3n) is 2.20. The maximum Gasteiger partial charge on any atom is 0.407 e. The lowest BCUT2D eigenvalue weighted by Crippen LogP contribution is -2.32. The number of hydrogen-bond acceptors (Lipinski definition) is 4. The van der Waals surface area contributed by atoms with Gasteiger partial charge in [0.1, 0.15) is 11.4 Å². The Labute approximate surface area is 107 Å². The highest BCUT2D eigenvalue weighted by Gasteiger charge is 2.16. The van der Waals surface area contributed by atoms with Gasteiger partial charge in [-0.3, -0.25) is 0 Å². The minimum absolute atomic E-state index is 0.128. The molecule has 0 heterocycles. The summed E-state index contributed by atoms with van der Waals surface area (Å²) < 4.78 is 5.10. The van der Waals surface area contributed by atoms with E-state index in [1.165, 1.54) is 0 Å². The summed E-state index contributed by atoms with van der Waals surface area (Å²) in [5, 5.41) is 12.2. The fourth-order valence-electron chi connectivity index (χ4n) is 1.39. The highest BCUT2D eigenvalue weighted by molar-refractivity contribution is 5.67. The molecule has 4 N–H and O–H groups in total. The molecule has 0 aliphatic carbocycles. The molecule has 0 radical (unpaired) electrons. The van der Waals surface area contributed by atoms with Gasteiger partial charge in [-0.15, -0.1) is 0 Å². The van der Waals surface area contributed by atoms with Gasteiger partial charge in [-0.2, -0.15) is 0 Å². The van der Waals surface area contributed by atoms with Gasteiger partial charge in [-0.1, -0.05) is 6.07 Å². The zero-order valence-corrected chi connectivity index (χ0v) is 11.0. The maximum absolute atomic E-state index is 11.5. The molecule has 100 valence electrons. The number of carbonyl (C=O) groups is 1. The Morgan fingerprint density at radius 1 is 1.44 bits per heavy atom. The van der Waals surface area contributed by atoms with Gasteiger partial charge < -0.3 is 20.9 Å². The number of rotatable bonds is 3. The molecule has 5 heteroatoms. The number of benzene rings is 1. The first-order chi connectivity index (χ1) is 8.31. The standard InChI is InChI=1S/C13H20N2O3/c1-13(2,3)18-12(17)15-8-10-6-9(7-14)4-5-11(10)16/h4-6,16H,7-8,14H2,1-3H3,(H,15,17). The number of hydrogen-bond donors (Lipinski definition) is 3. The van der Waals surface area contributed by atoms with Crippen LogP contribution in [0.25, 0.3) is 0 Å². The lowest BCUT2D eigenvalue weighted by Gasteiger charge is -2.19. The Morgan fingerprint density at radius 2 is 2.11 bits per heavy atom. The minimum Gasteiger partial charge on any atom is -0.508 e. The van der Waals surface area contributed by atoms with Gasteiger partial charge in [0, 0.05) is 18.7 Å². The molecule has 0 aliphatic heterocycles. The number of nitrogens with one attached hydrogen (secondary N) is 1. The molecule has 5 nitrogen and oxygen atoms in total. The lowest BCUT2D eigenvalue weighted by molar-refractivity contribution is 0.0523. The SMILES string of the molecule is CC(C)(C)OC(=O)NCc1cc(CN)ccc1O. The number of phenols is 1. The van der Waals surface area contributed by atoms with Crippen LogP contribution in [-0.2, 0) is 17.8 Å². The first-order valence-electron chi connectivity index (χ1n) is 5.79. The van der Waals surface area contributed by atoms with Crippen molar-refractivity contribution in [3.63, 3.8) is 0 Å². The van der Waals surface area contributed by atoms with Crippen molar-refractivity contribution < 1.29 is 14.6 Å². The molecule has 18 heavy (non-hydrogen) atoms. The molecule has 0 unspecified atom stereocenters. The molecule has 1 rings (SSSR count). The number of nitrogens with two attached hydrogens (primary N) is 1. The lowest BCUT2D eigenvalue weighted by atomic mass is 10.1. The van der Waals surface area contributed by atoms with Crippen LogP contribution >= 0.6 is 0 Å². The second-order valence-corrected chi connectivity index (χ2v) is 5.02. The van der Waals surface area contributed by atoms with E-state index in [9.17, 15) is 9.90 Å². The predicted octanol–water partition coefficient (Wildman–Crippen LogP) is 1.88. The molecule has 1 aromatic rings. The van der Waals surface area contributed by atoms with E-state index in [0.29, 0.717) is 12.1 Å². The fourth-order valence-corrected chi connectivity index (χ4v) is 1.39. The van der Waals surface area contributed by atoms with Gasteiger partial charge in [0.2, 0.25) is 0 Å². The van der Waals surface area contributed by atoms with Crippen LogP contribution in [-0.4, -0.2) is 16.8 Å². The van der Waals surface area contributed by atoms with E-state index < -0.39 is 11.7 Å². The van der Waals surface area contributed by atoms with Gasteiger partial charge >= 0.3 is 6.09 Å². The van der Waals surface area contributed by atoms with Crippen molar-refractivity contribution in [2.24, 2.45) is 5.73 Å². The van der Waals surface area contributed by atoms with Crippen molar-refractivity contribution in [1.82, 2.24) is 5.32 Å². The predicted molar refractivity (Wildman–Crippen MR) is 69.1 cm³/mol. The normalized spacial score (nSPS) is 11.1. The van der Waals surface area contributed by atoms with Gasteiger partial charge in [0.25, 0.3) is 0 Å². The van der Waals surface area contributed by atoms with Crippen LogP contribution in [0.15, 0.2) is 18.2 Å². The summed E-state index contributed by atoms with van der Waals surface area (Å²) in [6.45, 7) is 5.96. The van der Waals surface area contributed by atoms with E-state index in [2.05, 4.69) is 5.32 Å². The Balaban J connectivity index is 2.60. The molecule has 0 bridgehead atoms. The first kappa shape index (κ1) is 14.3. The monoisotopic (exact) mass is 252 g/mol. The van der Waals surface area contributed by atoms with Crippen LogP contribution in [0.1, 0.15) is 31.9 Å². The summed E-state index contributed by atoms with van der Waals surface area (Å²) in [5.41, 5.74) is 6.49. The van der Waals surface area contributed by atoms with E-state index in [4.69, 9.17) is 10.5 Å². The first-order valence-corrected chi connectivity index (χ1v) is 5.79. The number of phenolic OH excluding ortho intramolecular Hbond substituents is 1. The van der Waals surface area contributed by atoms with Gasteiger partial charge in [-0.25, -0.2) is 4.79 Å². The summed E-state index contributed by atoms with van der Waals surface area (Å²) in [6, 6.07) is 5.06. The maximum atomic E-state index is 11.5. The van der Waals surface area contributed by atoms with Crippen LogP contribution < -0.4 is 11.1 Å². The smallest absolute Gasteiger partial charge is 0.407 e. The van der Waals surface area contributed by atoms with Crippen LogP contribution in [0.2, 0.25) is 0 Å². The third-order valence-corrected chi connectivity index (χ3v) is 2.20. The van der Waals surface area contributed by atoms with Crippen molar-refractivity contribution in [3.8, 4) is 5.75 Å². The van der Waals surface area contributed by atoms with E-state index in [1.807, 2.05) is 0 Å². The number of amides is 1. The fraction of sp³-hybridized carbons (Fsp3) is 0.462. The average Bonchev–Trinajstić information content (AvgIpc) is 2.25. The quantitative estimate of drug-likeness (QED) is 0.766. The largest absolute Gasteiger partial charge is 0.508 e. The second-order valence-electron chi connectivity index (χ2n) is 5.02. The Morgan fingerprint density at radius 3 is 2.67 bits per heavy atom. The molecule has 0 saturated carbocycles. The van der Waals surface area contributed by atoms with Crippen LogP contribution in [0.3, 0.4) is 0 Å². The molecule has 0 saturated heterocycles. The summed E-state index contributed by atoms with van der Waals surface area (Å²) in [6.07, 6.45) is -0.514. The van der Waals surface area contributed by atoms with Gasteiger partial charge in [0.15, 0.2) is 0 Å². The van der Waals surface area contributed by atoms with Crippen LogP contribution in [0.5, 0.6) is 5.75 Å². The summed E-state index contributed by atoms with van der Waals surface area (Å²) in [5.74, 6) is 0.128. The molecule has 1 amide bonds. The van der Waals surface area contributed by atoms with E-state index in [-0.39, 0.29) is 12.3 Å². The highest BCUT2D eigenvalue weighted by atomic mass is 16.6. The number of aromatic hydroxyl groups is 1. The summed E-state index contributed by atoms with van der Waals surface area (Å²) >= 11 is 0. The Kier molecular flexibility index (Phi) is 4.55. The summed E-state index contributed by atoms with van der Waals surface area (Å²) in [4.78, 5) is 11.5. The van der Waals surface area contributed by atoms with Gasteiger partial charge in [0.05, 0.1) is 0 Å². The highest BCUT2D eigenvalue weighted by Crippen LogP contribution is 2.18. The molecule has 0 fully saturated rings. The van der Waals surface area contributed by atoms with Crippen LogP contribution in [0.4, 0.5) is 4.79 Å². The van der Waals surface area contributed by atoms with Crippen LogP contribution in [0, 0.1) is 0 Å². The Bertz CT molecular complexity index is 425. The molecule has 0 atom stereocenters. The second kappa shape index (κ2) is 5.73. The van der Waals surface area contributed by atoms with Crippen molar-refractivity contribution in [3.05, 3.63) is 29.3 Å². The van der Waals surface area contributed by atoms with E-state index >= 15 is 0 Å². The zero-order valence-electron chi connectivity index (χ0n) is 11.0. The van der Waals surface area contributed by atoms with Crippen molar-refractivity contribution in [2.45, 2.75) is 39.5 Å². The average molecular weight is 252 g/mol. The molecule has 1 aromatic carbocycles. The number of alkyl carbamates (subject to hydrolysis) is 1. The molecule has 0 spiro atoms. The molecule has 0 aromatic heterocycles. The topological polar surface area (TPSA) is 84.6 Å². The molecular formula is C13H20N2O3. The van der Waals surface area contributed by atoms with Crippen molar-refractivity contribution in [2.75, 3.05) is 0 Å². The number of ether oxygens (including phenoxy) is 1. The number of carbonyl (C=O) groups excluding carboxylic acids is 1. The minimum atomic E-state index is -0.536. The third kappa shape index (κ3) is 4.63.